The van der Waals surface area contributed by atoms with Gasteiger partial charge in [-0.2, -0.15) is 13.7 Å². The number of hydrogen-bond donors (Lipinski definition) is 1. The first-order valence-electron chi connectivity index (χ1n) is 3.68. The number of nitrogens with zero attached hydrogens (tertiary/aromatic N) is 1. The third-order valence-corrected chi connectivity index (χ3v) is 3.18. The van der Waals surface area contributed by atoms with Gasteiger partial charge in [0.1, 0.15) is 0 Å². The van der Waals surface area contributed by atoms with Crippen molar-refractivity contribution in [2.45, 2.75) is 11.3 Å². The SMILES string of the molecule is N#CCc1c(P)cccc1S(=O)(=O)O. The van der Waals surface area contributed by atoms with E-state index in [-0.39, 0.29) is 11.3 Å². The second kappa shape index (κ2) is 4.05. The number of hydrogen-bond acceptors (Lipinski definition) is 3. The first kappa shape index (κ1) is 11.1. The molecule has 14 heavy (non-hydrogen) atoms. The Morgan fingerprint density at radius 3 is 2.64 bits per heavy atom. The van der Waals surface area contributed by atoms with Crippen LogP contribution in [0, 0.1) is 11.3 Å². The van der Waals surface area contributed by atoms with E-state index >= 15 is 0 Å². The molecule has 0 aliphatic rings. The highest BCUT2D eigenvalue weighted by molar-refractivity contribution is 7.86. The van der Waals surface area contributed by atoms with E-state index in [1.54, 1.807) is 6.07 Å². The van der Waals surface area contributed by atoms with Crippen molar-refractivity contribution in [3.8, 4) is 6.07 Å². The number of rotatable bonds is 2. The molecule has 0 spiro atoms. The Labute approximate surface area is 84.5 Å². The molecule has 0 aliphatic carbocycles. The molecule has 0 bridgehead atoms. The molecule has 0 fully saturated rings. The van der Waals surface area contributed by atoms with E-state index in [4.69, 9.17) is 9.81 Å². The minimum absolute atomic E-state index is 0.0468. The zero-order chi connectivity index (χ0) is 10.8. The Bertz CT molecular complexity index is 490. The summed E-state index contributed by atoms with van der Waals surface area (Å²) < 4.78 is 30.7. The molecular weight excluding hydrogens is 221 g/mol. The molecule has 0 aromatic heterocycles. The van der Waals surface area contributed by atoms with Crippen LogP contribution < -0.4 is 5.30 Å². The van der Waals surface area contributed by atoms with Crippen LogP contribution in [0.5, 0.6) is 0 Å². The van der Waals surface area contributed by atoms with Crippen LogP contribution >= 0.6 is 9.24 Å². The highest BCUT2D eigenvalue weighted by Gasteiger charge is 2.16. The Morgan fingerprint density at radius 2 is 2.14 bits per heavy atom. The lowest BCUT2D eigenvalue weighted by atomic mass is 10.2. The summed E-state index contributed by atoms with van der Waals surface area (Å²) in [6, 6.07) is 6.29. The summed E-state index contributed by atoms with van der Waals surface area (Å²) in [7, 11) is -1.92. The molecule has 0 radical (unpaired) electrons. The average molecular weight is 229 g/mol. The number of nitriles is 1. The molecule has 0 saturated heterocycles. The molecular formula is C8H8NO3PS. The molecule has 0 heterocycles. The summed E-state index contributed by atoms with van der Waals surface area (Å²) in [5, 5.41) is 9.10. The molecule has 0 amide bonds. The van der Waals surface area contributed by atoms with Crippen molar-refractivity contribution in [2.24, 2.45) is 0 Å². The second-order valence-electron chi connectivity index (χ2n) is 2.63. The Morgan fingerprint density at radius 1 is 1.50 bits per heavy atom. The highest BCUT2D eigenvalue weighted by Crippen LogP contribution is 2.15. The van der Waals surface area contributed by atoms with Gasteiger partial charge in [0.05, 0.1) is 17.4 Å². The van der Waals surface area contributed by atoms with Crippen LogP contribution in [0.4, 0.5) is 0 Å². The van der Waals surface area contributed by atoms with E-state index < -0.39 is 10.1 Å². The molecule has 1 aromatic rings. The lowest BCUT2D eigenvalue weighted by molar-refractivity contribution is 0.482. The van der Waals surface area contributed by atoms with Crippen LogP contribution in [-0.4, -0.2) is 13.0 Å². The monoisotopic (exact) mass is 229 g/mol. The van der Waals surface area contributed by atoms with Crippen molar-refractivity contribution in [2.75, 3.05) is 0 Å². The maximum atomic E-state index is 10.9. The molecule has 6 heteroatoms. The van der Waals surface area contributed by atoms with E-state index in [0.717, 1.165) is 0 Å². The van der Waals surface area contributed by atoms with E-state index in [1.807, 2.05) is 6.07 Å². The van der Waals surface area contributed by atoms with E-state index in [0.29, 0.717) is 10.9 Å². The van der Waals surface area contributed by atoms with Gasteiger partial charge in [0.15, 0.2) is 0 Å². The van der Waals surface area contributed by atoms with Gasteiger partial charge in [-0.3, -0.25) is 4.55 Å². The Balaban J connectivity index is 3.45. The van der Waals surface area contributed by atoms with Gasteiger partial charge < -0.3 is 0 Å². The smallest absolute Gasteiger partial charge is 0.282 e. The average Bonchev–Trinajstić information content (AvgIpc) is 2.07. The number of benzene rings is 1. The summed E-state index contributed by atoms with van der Waals surface area (Å²) in [6.07, 6.45) is -0.0468. The van der Waals surface area contributed by atoms with Gasteiger partial charge in [-0.25, -0.2) is 0 Å². The lowest BCUT2D eigenvalue weighted by Gasteiger charge is -2.05. The predicted octanol–water partition coefficient (Wildman–Crippen LogP) is 0.500. The highest BCUT2D eigenvalue weighted by atomic mass is 32.2. The van der Waals surface area contributed by atoms with Crippen LogP contribution in [0.25, 0.3) is 0 Å². The zero-order valence-electron chi connectivity index (χ0n) is 7.14. The molecule has 1 N–H and O–H groups in total. The van der Waals surface area contributed by atoms with Crippen molar-refractivity contribution in [3.05, 3.63) is 23.8 Å². The van der Waals surface area contributed by atoms with Gasteiger partial charge in [0, 0.05) is 0 Å². The van der Waals surface area contributed by atoms with Crippen LogP contribution in [0.1, 0.15) is 5.56 Å². The topological polar surface area (TPSA) is 78.2 Å². The van der Waals surface area contributed by atoms with E-state index in [1.165, 1.54) is 12.1 Å². The van der Waals surface area contributed by atoms with E-state index in [9.17, 15) is 8.42 Å². The van der Waals surface area contributed by atoms with Gasteiger partial charge in [0.25, 0.3) is 10.1 Å². The minimum Gasteiger partial charge on any atom is -0.282 e. The van der Waals surface area contributed by atoms with Crippen LogP contribution in [0.15, 0.2) is 23.1 Å². The van der Waals surface area contributed by atoms with Gasteiger partial charge in [-0.05, 0) is 16.9 Å². The van der Waals surface area contributed by atoms with Gasteiger partial charge >= 0.3 is 0 Å². The third kappa shape index (κ3) is 2.30. The van der Waals surface area contributed by atoms with Gasteiger partial charge in [-0.1, -0.05) is 12.1 Å². The summed E-state index contributed by atoms with van der Waals surface area (Å²) in [5.41, 5.74) is 0.322. The fourth-order valence-electron chi connectivity index (χ4n) is 1.09. The van der Waals surface area contributed by atoms with Crippen LogP contribution in [-0.2, 0) is 16.5 Å². The maximum Gasteiger partial charge on any atom is 0.294 e. The molecule has 0 saturated carbocycles. The summed E-state index contributed by atoms with van der Waals surface area (Å²) >= 11 is 0. The first-order chi connectivity index (χ1) is 6.46. The zero-order valence-corrected chi connectivity index (χ0v) is 9.11. The maximum absolute atomic E-state index is 10.9. The quantitative estimate of drug-likeness (QED) is 0.591. The molecule has 4 nitrogen and oxygen atoms in total. The first-order valence-corrected chi connectivity index (χ1v) is 5.70. The molecule has 1 atom stereocenters. The van der Waals surface area contributed by atoms with Crippen molar-refractivity contribution in [1.29, 1.82) is 5.26 Å². The van der Waals surface area contributed by atoms with Crippen molar-refractivity contribution < 1.29 is 13.0 Å². The van der Waals surface area contributed by atoms with Crippen molar-refractivity contribution >= 4 is 24.7 Å². The minimum atomic E-state index is -4.24. The molecule has 1 aromatic carbocycles. The molecule has 0 aliphatic heterocycles. The standard InChI is InChI=1S/C8H8NO3PS/c9-5-4-6-7(13)2-1-3-8(6)14(10,11)12/h1-3H,4,13H2,(H,10,11,12). The summed E-state index contributed by atoms with van der Waals surface area (Å²) in [6.45, 7) is 0. The Hall–Kier alpha value is -0.950. The normalized spacial score (nSPS) is 10.9. The van der Waals surface area contributed by atoms with Crippen LogP contribution in [0.3, 0.4) is 0 Å². The lowest BCUT2D eigenvalue weighted by Crippen LogP contribution is -2.10. The Kier molecular flexibility index (Phi) is 3.22. The largest absolute Gasteiger partial charge is 0.294 e. The summed E-state index contributed by atoms with van der Waals surface area (Å²) in [5.74, 6) is 0. The second-order valence-corrected chi connectivity index (χ2v) is 4.65. The molecule has 74 valence electrons. The van der Waals surface area contributed by atoms with Gasteiger partial charge in [0.2, 0.25) is 0 Å². The third-order valence-electron chi connectivity index (χ3n) is 1.70. The van der Waals surface area contributed by atoms with Crippen molar-refractivity contribution in [1.82, 2.24) is 0 Å². The fraction of sp³-hybridized carbons (Fsp3) is 0.125. The summed E-state index contributed by atoms with van der Waals surface area (Å²) in [4.78, 5) is -0.202. The molecule has 1 rings (SSSR count). The predicted molar refractivity (Wildman–Crippen MR) is 54.9 cm³/mol. The van der Waals surface area contributed by atoms with Crippen LogP contribution in [0.2, 0.25) is 0 Å². The molecule has 1 unspecified atom stereocenters. The van der Waals surface area contributed by atoms with E-state index in [2.05, 4.69) is 9.24 Å². The fourth-order valence-corrected chi connectivity index (χ4v) is 2.32. The van der Waals surface area contributed by atoms with Crippen molar-refractivity contribution in [3.63, 3.8) is 0 Å². The van der Waals surface area contributed by atoms with Gasteiger partial charge in [-0.15, -0.1) is 9.24 Å².